The van der Waals surface area contributed by atoms with Gasteiger partial charge in [-0.2, -0.15) is 9.98 Å². The first-order valence-electron chi connectivity index (χ1n) is 3.30. The van der Waals surface area contributed by atoms with Crippen molar-refractivity contribution in [3.05, 3.63) is 18.5 Å². The predicted octanol–water partition coefficient (Wildman–Crippen LogP) is 1.35. The van der Waals surface area contributed by atoms with Gasteiger partial charge < -0.3 is 9.47 Å². The number of ether oxygens (including phenoxy) is 2. The molecule has 0 spiro atoms. The topological polar surface area (TPSA) is 43.2 Å². The number of aliphatic imine (C=N–C) groups is 2. The minimum Gasteiger partial charge on any atom is -0.484 e. The lowest BCUT2D eigenvalue weighted by Gasteiger charge is -1.98. The lowest BCUT2D eigenvalue weighted by molar-refractivity contribution is 0.381. The highest BCUT2D eigenvalue weighted by molar-refractivity contribution is 5.89. The van der Waals surface area contributed by atoms with E-state index in [0.717, 1.165) is 0 Å². The Morgan fingerprint density at radius 2 is 2.08 bits per heavy atom. The molecule has 0 aliphatic carbocycles. The van der Waals surface area contributed by atoms with Crippen LogP contribution in [0.25, 0.3) is 0 Å². The average Bonchev–Trinajstić information content (AvgIpc) is 2.11. The first-order chi connectivity index (χ1) is 5.74. The maximum Gasteiger partial charge on any atom is 0.319 e. The van der Waals surface area contributed by atoms with Crippen molar-refractivity contribution in [2.45, 2.75) is 6.92 Å². The Bertz CT molecular complexity index is 237. The number of nitrogens with zero attached hydrogens (tertiary/aromatic N) is 2. The monoisotopic (exact) mass is 168 g/mol. The summed E-state index contributed by atoms with van der Waals surface area (Å²) in [7, 11) is 3.00. The van der Waals surface area contributed by atoms with Gasteiger partial charge in [0.25, 0.3) is 0 Å². The molecule has 4 heteroatoms. The van der Waals surface area contributed by atoms with Gasteiger partial charge in [0.2, 0.25) is 0 Å². The summed E-state index contributed by atoms with van der Waals surface area (Å²) in [5.74, 6) is 0.480. The van der Waals surface area contributed by atoms with Gasteiger partial charge in [-0.15, -0.1) is 5.73 Å². The van der Waals surface area contributed by atoms with Crippen LogP contribution in [-0.4, -0.2) is 26.1 Å². The van der Waals surface area contributed by atoms with E-state index in [9.17, 15) is 0 Å². The van der Waals surface area contributed by atoms with E-state index in [4.69, 9.17) is 9.47 Å². The van der Waals surface area contributed by atoms with E-state index in [-0.39, 0.29) is 6.02 Å². The largest absolute Gasteiger partial charge is 0.484 e. The molecule has 12 heavy (non-hydrogen) atoms. The van der Waals surface area contributed by atoms with Crippen molar-refractivity contribution >= 4 is 11.9 Å². The van der Waals surface area contributed by atoms with Crippen LogP contribution in [0.1, 0.15) is 6.92 Å². The van der Waals surface area contributed by atoms with Gasteiger partial charge in [0, 0.05) is 6.92 Å². The second-order valence-corrected chi connectivity index (χ2v) is 1.78. The third kappa shape index (κ3) is 4.30. The Morgan fingerprint density at radius 3 is 2.50 bits per heavy atom. The molecule has 0 atom stereocenters. The summed E-state index contributed by atoms with van der Waals surface area (Å²) >= 11 is 0. The number of methoxy groups -OCH3 is 2. The summed E-state index contributed by atoms with van der Waals surface area (Å²) in [4.78, 5) is 7.65. The molecule has 0 saturated carbocycles. The van der Waals surface area contributed by atoms with Gasteiger partial charge in [-0.05, 0) is 0 Å². The lowest BCUT2D eigenvalue weighted by Crippen LogP contribution is -2.03. The van der Waals surface area contributed by atoms with Crippen molar-refractivity contribution in [1.29, 1.82) is 0 Å². The van der Waals surface area contributed by atoms with Gasteiger partial charge in [-0.25, -0.2) is 0 Å². The Balaban J connectivity index is 4.46. The van der Waals surface area contributed by atoms with E-state index in [1.165, 1.54) is 20.4 Å². The van der Waals surface area contributed by atoms with Gasteiger partial charge in [0.05, 0.1) is 20.4 Å². The van der Waals surface area contributed by atoms with E-state index >= 15 is 0 Å². The molecule has 0 bridgehead atoms. The number of rotatable bonds is 1. The van der Waals surface area contributed by atoms with Crippen LogP contribution in [0.5, 0.6) is 0 Å². The van der Waals surface area contributed by atoms with E-state index in [2.05, 4.69) is 22.3 Å². The standard InChI is InChI=1S/C8H12N2O2/c1-5-6-9-8(12-4)10-7(2)11-3/h6H,1H2,2-4H3. The summed E-state index contributed by atoms with van der Waals surface area (Å²) in [6.07, 6.45) is 1.37. The minimum atomic E-state index is 0.213. The van der Waals surface area contributed by atoms with Gasteiger partial charge in [-0.1, -0.05) is 6.58 Å². The molecule has 0 aromatic rings. The Hall–Kier alpha value is -1.54. The zero-order chi connectivity index (χ0) is 9.40. The maximum atomic E-state index is 4.81. The molecule has 0 heterocycles. The molecule has 0 rings (SSSR count). The van der Waals surface area contributed by atoms with Crippen molar-refractivity contribution in [3.8, 4) is 0 Å². The second-order valence-electron chi connectivity index (χ2n) is 1.78. The third-order valence-electron chi connectivity index (χ3n) is 0.997. The third-order valence-corrected chi connectivity index (χ3v) is 0.997. The highest BCUT2D eigenvalue weighted by atomic mass is 16.5. The zero-order valence-corrected chi connectivity index (χ0v) is 7.50. The van der Waals surface area contributed by atoms with E-state index in [1.807, 2.05) is 0 Å². The minimum absolute atomic E-state index is 0.213. The van der Waals surface area contributed by atoms with Crippen LogP contribution in [0.4, 0.5) is 0 Å². The summed E-state index contributed by atoms with van der Waals surface area (Å²) < 4.78 is 9.61. The van der Waals surface area contributed by atoms with Crippen molar-refractivity contribution in [2.75, 3.05) is 14.2 Å². The fraction of sp³-hybridized carbons (Fsp3) is 0.375. The van der Waals surface area contributed by atoms with E-state index < -0.39 is 0 Å². The van der Waals surface area contributed by atoms with Crippen LogP contribution in [0, 0.1) is 0 Å². The molecule has 0 fully saturated rings. The van der Waals surface area contributed by atoms with Crippen molar-refractivity contribution in [2.24, 2.45) is 9.98 Å². The maximum absolute atomic E-state index is 4.81. The summed E-state index contributed by atoms with van der Waals surface area (Å²) in [5.41, 5.74) is 2.47. The summed E-state index contributed by atoms with van der Waals surface area (Å²) in [6.45, 7) is 5.04. The molecule has 0 aliphatic heterocycles. The van der Waals surface area contributed by atoms with Crippen molar-refractivity contribution < 1.29 is 9.47 Å². The number of hydrogen-bond donors (Lipinski definition) is 0. The second kappa shape index (κ2) is 6.19. The first kappa shape index (κ1) is 10.5. The molecule has 4 nitrogen and oxygen atoms in total. The quantitative estimate of drug-likeness (QED) is 0.337. The zero-order valence-electron chi connectivity index (χ0n) is 7.50. The molecule has 0 aliphatic rings. The van der Waals surface area contributed by atoms with E-state index in [1.54, 1.807) is 6.92 Å². The van der Waals surface area contributed by atoms with Crippen LogP contribution in [0.3, 0.4) is 0 Å². The molecule has 66 valence electrons. The Labute approximate surface area is 71.9 Å². The molecular formula is C8H12N2O2. The van der Waals surface area contributed by atoms with Gasteiger partial charge in [-0.3, -0.25) is 0 Å². The highest BCUT2D eigenvalue weighted by Gasteiger charge is 1.93. The van der Waals surface area contributed by atoms with Crippen LogP contribution in [0.2, 0.25) is 0 Å². The Kier molecular flexibility index (Phi) is 5.39. The normalized spacial score (nSPS) is 11.9. The van der Waals surface area contributed by atoms with E-state index in [0.29, 0.717) is 5.90 Å². The molecule has 0 saturated heterocycles. The Morgan fingerprint density at radius 1 is 1.42 bits per heavy atom. The summed E-state index contributed by atoms with van der Waals surface area (Å²) in [6, 6.07) is 0.213. The SMILES string of the molecule is C=C=CN=C(N=C(C)OC)OC. The first-order valence-corrected chi connectivity index (χ1v) is 3.30. The van der Waals surface area contributed by atoms with Crippen LogP contribution in [-0.2, 0) is 9.47 Å². The molecule has 0 radical (unpaired) electrons. The summed E-state index contributed by atoms with van der Waals surface area (Å²) in [5, 5.41) is 0. The fourth-order valence-electron chi connectivity index (χ4n) is 0.408. The number of hydrogen-bond acceptors (Lipinski definition) is 3. The smallest absolute Gasteiger partial charge is 0.319 e. The fourth-order valence-corrected chi connectivity index (χ4v) is 0.408. The average molecular weight is 168 g/mol. The van der Waals surface area contributed by atoms with Crippen LogP contribution < -0.4 is 0 Å². The lowest BCUT2D eigenvalue weighted by atomic mass is 10.7. The van der Waals surface area contributed by atoms with Gasteiger partial charge >= 0.3 is 6.02 Å². The molecular weight excluding hydrogens is 156 g/mol. The molecule has 0 aromatic heterocycles. The molecule has 0 unspecified atom stereocenters. The van der Waals surface area contributed by atoms with Crippen LogP contribution in [0.15, 0.2) is 28.5 Å². The molecule has 0 amide bonds. The van der Waals surface area contributed by atoms with Crippen LogP contribution >= 0.6 is 0 Å². The highest BCUT2D eigenvalue weighted by Crippen LogP contribution is 1.87. The number of amidine groups is 1. The van der Waals surface area contributed by atoms with Crippen molar-refractivity contribution in [1.82, 2.24) is 0 Å². The predicted molar refractivity (Wildman–Crippen MR) is 48.3 cm³/mol. The molecule has 0 aromatic carbocycles. The van der Waals surface area contributed by atoms with Crippen molar-refractivity contribution in [3.63, 3.8) is 0 Å². The van der Waals surface area contributed by atoms with Gasteiger partial charge in [0.1, 0.15) is 0 Å². The molecule has 0 N–H and O–H groups in total. The van der Waals surface area contributed by atoms with Gasteiger partial charge in [0.15, 0.2) is 5.90 Å².